The summed E-state index contributed by atoms with van der Waals surface area (Å²) in [5.41, 5.74) is 1.96. The van der Waals surface area contributed by atoms with Gasteiger partial charge < -0.3 is 14.8 Å². The highest BCUT2D eigenvalue weighted by atomic mass is 32.2. The van der Waals surface area contributed by atoms with Crippen LogP contribution < -0.4 is 14.8 Å². The van der Waals surface area contributed by atoms with E-state index in [0.717, 1.165) is 11.3 Å². The van der Waals surface area contributed by atoms with Gasteiger partial charge in [0.05, 0.1) is 24.2 Å². The average Bonchev–Trinajstić information content (AvgIpc) is 2.68. The fraction of sp³-hybridized carbons (Fsp3) is 0.350. The minimum absolute atomic E-state index is 0.0479. The third-order valence-corrected chi connectivity index (χ3v) is 6.08. The third-order valence-electron chi connectivity index (χ3n) is 4.63. The van der Waals surface area contributed by atoms with E-state index >= 15 is 0 Å². The molecule has 1 aliphatic heterocycles. The Morgan fingerprint density at radius 3 is 2.82 bits per heavy atom. The molecule has 0 aliphatic carbocycles. The van der Waals surface area contributed by atoms with E-state index < -0.39 is 10.0 Å². The van der Waals surface area contributed by atoms with Crippen LogP contribution in [0, 0.1) is 6.92 Å². The maximum Gasteiger partial charge on any atom is 0.252 e. The van der Waals surface area contributed by atoms with Gasteiger partial charge in [0.25, 0.3) is 5.91 Å². The summed E-state index contributed by atoms with van der Waals surface area (Å²) in [7, 11) is -2.22. The van der Waals surface area contributed by atoms with Crippen LogP contribution in [0.5, 0.6) is 5.75 Å². The Morgan fingerprint density at radius 1 is 1.25 bits per heavy atom. The molecule has 0 radical (unpaired) electrons. The van der Waals surface area contributed by atoms with Crippen molar-refractivity contribution < 1.29 is 22.7 Å². The smallest absolute Gasteiger partial charge is 0.252 e. The molecule has 1 heterocycles. The van der Waals surface area contributed by atoms with Crippen LogP contribution >= 0.6 is 0 Å². The minimum atomic E-state index is -3.72. The van der Waals surface area contributed by atoms with Crippen molar-refractivity contribution in [2.75, 3.05) is 26.9 Å². The van der Waals surface area contributed by atoms with E-state index in [9.17, 15) is 13.2 Å². The molecule has 1 atom stereocenters. The molecule has 3 rings (SSSR count). The van der Waals surface area contributed by atoms with E-state index in [1.54, 1.807) is 13.0 Å². The molecule has 0 spiro atoms. The first kappa shape index (κ1) is 20.3. The van der Waals surface area contributed by atoms with Crippen molar-refractivity contribution in [2.45, 2.75) is 24.3 Å². The molecule has 150 valence electrons. The maximum atomic E-state index is 12.9. The monoisotopic (exact) mass is 404 g/mol. The lowest BCUT2D eigenvalue weighted by Gasteiger charge is -2.27. The van der Waals surface area contributed by atoms with E-state index in [0.29, 0.717) is 24.2 Å². The van der Waals surface area contributed by atoms with E-state index in [1.165, 1.54) is 19.2 Å². The number of methoxy groups -OCH3 is 1. The lowest BCUT2D eigenvalue weighted by Crippen LogP contribution is -2.33. The van der Waals surface area contributed by atoms with Crippen molar-refractivity contribution in [1.29, 1.82) is 0 Å². The average molecular weight is 404 g/mol. The molecule has 1 unspecified atom stereocenters. The van der Waals surface area contributed by atoms with Gasteiger partial charge in [0.2, 0.25) is 10.0 Å². The minimum Gasteiger partial charge on any atom is -0.493 e. The summed E-state index contributed by atoms with van der Waals surface area (Å²) >= 11 is 0. The van der Waals surface area contributed by atoms with Crippen molar-refractivity contribution in [2.24, 2.45) is 0 Å². The van der Waals surface area contributed by atoms with E-state index in [-0.39, 0.29) is 30.0 Å². The molecule has 2 N–H and O–H groups in total. The number of carbonyl (C=O) groups excluding carboxylic acids is 1. The van der Waals surface area contributed by atoms with Gasteiger partial charge in [-0.25, -0.2) is 13.1 Å². The van der Waals surface area contributed by atoms with Crippen LogP contribution in [0.1, 0.15) is 33.9 Å². The zero-order chi connectivity index (χ0) is 20.1. The standard InChI is InChI=1S/C20H24N2O5S/c1-14-7-8-15(28(24,25)21-10-12-26-2)13-17(14)20(23)22-18-9-11-27-19-6-4-3-5-16(18)19/h3-8,13,18,21H,9-12H2,1-2H3,(H,22,23). The highest BCUT2D eigenvalue weighted by molar-refractivity contribution is 7.89. The Balaban J connectivity index is 1.81. The first-order chi connectivity index (χ1) is 13.4. The topological polar surface area (TPSA) is 93.7 Å². The van der Waals surface area contributed by atoms with Crippen LogP contribution in [0.25, 0.3) is 0 Å². The Bertz CT molecular complexity index is 959. The van der Waals surface area contributed by atoms with Crippen molar-refractivity contribution in [3.8, 4) is 5.75 Å². The second kappa shape index (κ2) is 8.72. The normalized spacial score (nSPS) is 16.1. The SMILES string of the molecule is COCCNS(=O)(=O)c1ccc(C)c(C(=O)NC2CCOc3ccccc32)c1. The molecule has 8 heteroatoms. The van der Waals surface area contributed by atoms with Gasteiger partial charge in [-0.15, -0.1) is 0 Å². The summed E-state index contributed by atoms with van der Waals surface area (Å²) in [5, 5.41) is 3.01. The number of carbonyl (C=O) groups is 1. The van der Waals surface area contributed by atoms with Gasteiger partial charge in [-0.1, -0.05) is 24.3 Å². The van der Waals surface area contributed by atoms with Gasteiger partial charge in [0, 0.05) is 31.2 Å². The molecule has 1 amide bonds. The lowest BCUT2D eigenvalue weighted by atomic mass is 9.99. The molecule has 0 saturated heterocycles. The number of rotatable bonds is 7. The molecule has 2 aromatic rings. The molecule has 1 aliphatic rings. The zero-order valence-corrected chi connectivity index (χ0v) is 16.7. The van der Waals surface area contributed by atoms with Gasteiger partial charge >= 0.3 is 0 Å². The van der Waals surface area contributed by atoms with Gasteiger partial charge in [-0.05, 0) is 30.7 Å². The number of sulfonamides is 1. The molecule has 0 saturated carbocycles. The number of fused-ring (bicyclic) bond motifs is 1. The van der Waals surface area contributed by atoms with Crippen molar-refractivity contribution >= 4 is 15.9 Å². The Kier molecular flexibility index (Phi) is 6.33. The van der Waals surface area contributed by atoms with Crippen LogP contribution in [0.4, 0.5) is 0 Å². The predicted molar refractivity (Wildman–Crippen MR) is 105 cm³/mol. The second-order valence-corrected chi connectivity index (χ2v) is 8.34. The highest BCUT2D eigenvalue weighted by Gasteiger charge is 2.24. The molecule has 2 aromatic carbocycles. The molecular formula is C20H24N2O5S. The van der Waals surface area contributed by atoms with Crippen LogP contribution in [-0.4, -0.2) is 41.2 Å². The number of amides is 1. The maximum absolute atomic E-state index is 12.9. The van der Waals surface area contributed by atoms with Crippen LogP contribution in [0.15, 0.2) is 47.4 Å². The zero-order valence-electron chi connectivity index (χ0n) is 15.9. The van der Waals surface area contributed by atoms with Crippen molar-refractivity contribution in [3.63, 3.8) is 0 Å². The number of hydrogen-bond acceptors (Lipinski definition) is 5. The summed E-state index contributed by atoms with van der Waals surface area (Å²) in [4.78, 5) is 12.9. The molecule has 7 nitrogen and oxygen atoms in total. The van der Waals surface area contributed by atoms with Crippen LogP contribution in [0.2, 0.25) is 0 Å². The van der Waals surface area contributed by atoms with E-state index in [2.05, 4.69) is 10.0 Å². The second-order valence-electron chi connectivity index (χ2n) is 6.57. The number of hydrogen-bond donors (Lipinski definition) is 2. The van der Waals surface area contributed by atoms with Gasteiger partial charge in [-0.2, -0.15) is 0 Å². The van der Waals surface area contributed by atoms with Crippen LogP contribution in [-0.2, 0) is 14.8 Å². The summed E-state index contributed by atoms with van der Waals surface area (Å²) in [6.07, 6.45) is 0.651. The summed E-state index contributed by atoms with van der Waals surface area (Å²) < 4.78 is 37.8. The van der Waals surface area contributed by atoms with Gasteiger partial charge in [0.15, 0.2) is 0 Å². The molecule has 0 bridgehead atoms. The predicted octanol–water partition coefficient (Wildman–Crippen LogP) is 2.17. The first-order valence-corrected chi connectivity index (χ1v) is 10.5. The molecule has 0 fully saturated rings. The first-order valence-electron chi connectivity index (χ1n) is 9.04. The number of nitrogens with one attached hydrogen (secondary N) is 2. The molecule has 28 heavy (non-hydrogen) atoms. The fourth-order valence-electron chi connectivity index (χ4n) is 3.10. The summed E-state index contributed by atoms with van der Waals surface area (Å²) in [6, 6.07) is 11.9. The number of benzene rings is 2. The highest BCUT2D eigenvalue weighted by Crippen LogP contribution is 2.31. The van der Waals surface area contributed by atoms with Crippen LogP contribution in [0.3, 0.4) is 0 Å². The number of ether oxygens (including phenoxy) is 2. The van der Waals surface area contributed by atoms with Crippen molar-refractivity contribution in [1.82, 2.24) is 10.0 Å². The van der Waals surface area contributed by atoms with Crippen molar-refractivity contribution in [3.05, 3.63) is 59.2 Å². The lowest BCUT2D eigenvalue weighted by molar-refractivity contribution is 0.0924. The quantitative estimate of drug-likeness (QED) is 0.690. The van der Waals surface area contributed by atoms with Gasteiger partial charge in [0.1, 0.15) is 5.75 Å². The fourth-order valence-corrected chi connectivity index (χ4v) is 4.14. The van der Waals surface area contributed by atoms with E-state index in [4.69, 9.17) is 9.47 Å². The van der Waals surface area contributed by atoms with Gasteiger partial charge in [-0.3, -0.25) is 4.79 Å². The molecule has 0 aromatic heterocycles. The number of para-hydroxylation sites is 1. The Hall–Kier alpha value is -2.42. The summed E-state index contributed by atoms with van der Waals surface area (Å²) in [6.45, 7) is 2.72. The number of aryl methyl sites for hydroxylation is 1. The Morgan fingerprint density at radius 2 is 2.04 bits per heavy atom. The molecular weight excluding hydrogens is 380 g/mol. The third kappa shape index (κ3) is 4.52. The summed E-state index contributed by atoms with van der Waals surface area (Å²) in [5.74, 6) is 0.447. The Labute approximate surface area is 165 Å². The largest absolute Gasteiger partial charge is 0.493 e. The van der Waals surface area contributed by atoms with E-state index in [1.807, 2.05) is 24.3 Å².